The van der Waals surface area contributed by atoms with E-state index < -0.39 is 0 Å². The summed E-state index contributed by atoms with van der Waals surface area (Å²) < 4.78 is 0. The topological polar surface area (TPSA) is 29.3 Å². The van der Waals surface area contributed by atoms with Gasteiger partial charge in [0.1, 0.15) is 0 Å². The van der Waals surface area contributed by atoms with Gasteiger partial charge in [-0.2, -0.15) is 0 Å². The SMILES string of the molecule is CCN(CCC1(N)CCCC1)c1cccc2ccccc12. The molecule has 1 fully saturated rings. The molecular formula is C19H26N2. The van der Waals surface area contributed by atoms with Gasteiger partial charge in [-0.1, -0.05) is 49.2 Å². The molecule has 0 amide bonds. The molecule has 0 saturated heterocycles. The minimum Gasteiger partial charge on any atom is -0.371 e. The van der Waals surface area contributed by atoms with Gasteiger partial charge in [0.2, 0.25) is 0 Å². The molecule has 3 rings (SSSR count). The second-order valence-corrected chi connectivity index (χ2v) is 6.40. The lowest BCUT2D eigenvalue weighted by Crippen LogP contribution is -2.40. The Kier molecular flexibility index (Phi) is 4.16. The van der Waals surface area contributed by atoms with Gasteiger partial charge in [0.15, 0.2) is 0 Å². The van der Waals surface area contributed by atoms with Crippen molar-refractivity contribution in [2.24, 2.45) is 5.73 Å². The minimum atomic E-state index is 0.0814. The lowest BCUT2D eigenvalue weighted by molar-refractivity contribution is 0.406. The molecule has 112 valence electrons. The van der Waals surface area contributed by atoms with Gasteiger partial charge in [-0.15, -0.1) is 0 Å². The average molecular weight is 282 g/mol. The molecule has 2 aromatic carbocycles. The number of nitrogens with two attached hydrogens (primary N) is 1. The molecule has 0 atom stereocenters. The highest BCUT2D eigenvalue weighted by molar-refractivity contribution is 5.94. The largest absolute Gasteiger partial charge is 0.371 e. The minimum absolute atomic E-state index is 0.0814. The van der Waals surface area contributed by atoms with Gasteiger partial charge in [-0.3, -0.25) is 0 Å². The zero-order chi connectivity index (χ0) is 14.7. The molecule has 2 heteroatoms. The maximum absolute atomic E-state index is 6.53. The molecule has 1 aliphatic carbocycles. The van der Waals surface area contributed by atoms with E-state index in [2.05, 4.69) is 54.3 Å². The maximum atomic E-state index is 6.53. The summed E-state index contributed by atoms with van der Waals surface area (Å²) in [5.41, 5.74) is 7.95. The molecule has 2 nitrogen and oxygen atoms in total. The first-order valence-electron chi connectivity index (χ1n) is 8.23. The number of hydrogen-bond donors (Lipinski definition) is 1. The van der Waals surface area contributed by atoms with Gasteiger partial charge in [-0.25, -0.2) is 0 Å². The Bertz CT molecular complexity index is 594. The van der Waals surface area contributed by atoms with Gasteiger partial charge in [-0.05, 0) is 37.6 Å². The van der Waals surface area contributed by atoms with Crippen LogP contribution in [0.5, 0.6) is 0 Å². The third-order valence-electron chi connectivity index (χ3n) is 4.97. The van der Waals surface area contributed by atoms with Crippen LogP contribution in [0.1, 0.15) is 39.0 Å². The van der Waals surface area contributed by atoms with Crippen molar-refractivity contribution in [1.82, 2.24) is 0 Å². The summed E-state index contributed by atoms with van der Waals surface area (Å²) in [6.45, 7) is 4.32. The van der Waals surface area contributed by atoms with Crippen molar-refractivity contribution >= 4 is 16.5 Å². The first-order valence-corrected chi connectivity index (χ1v) is 8.23. The van der Waals surface area contributed by atoms with Crippen LogP contribution in [0, 0.1) is 0 Å². The van der Waals surface area contributed by atoms with E-state index >= 15 is 0 Å². The van der Waals surface area contributed by atoms with Crippen LogP contribution in [-0.4, -0.2) is 18.6 Å². The molecule has 0 radical (unpaired) electrons. The van der Waals surface area contributed by atoms with Crippen molar-refractivity contribution < 1.29 is 0 Å². The van der Waals surface area contributed by atoms with E-state index in [4.69, 9.17) is 5.73 Å². The van der Waals surface area contributed by atoms with Crippen LogP contribution in [-0.2, 0) is 0 Å². The molecule has 1 aliphatic rings. The van der Waals surface area contributed by atoms with Crippen LogP contribution >= 0.6 is 0 Å². The summed E-state index contributed by atoms with van der Waals surface area (Å²) in [6, 6.07) is 15.2. The van der Waals surface area contributed by atoms with Gasteiger partial charge in [0.25, 0.3) is 0 Å². The summed E-state index contributed by atoms with van der Waals surface area (Å²) in [7, 11) is 0. The van der Waals surface area contributed by atoms with Crippen LogP contribution in [0.4, 0.5) is 5.69 Å². The fourth-order valence-electron chi connectivity index (χ4n) is 3.62. The van der Waals surface area contributed by atoms with Crippen LogP contribution in [0.15, 0.2) is 42.5 Å². The summed E-state index contributed by atoms with van der Waals surface area (Å²) in [5.74, 6) is 0. The highest BCUT2D eigenvalue weighted by Crippen LogP contribution is 2.32. The Labute approximate surface area is 127 Å². The highest BCUT2D eigenvalue weighted by Gasteiger charge is 2.29. The Hall–Kier alpha value is -1.54. The molecular weight excluding hydrogens is 256 g/mol. The number of fused-ring (bicyclic) bond motifs is 1. The Morgan fingerprint density at radius 1 is 1.05 bits per heavy atom. The number of rotatable bonds is 5. The van der Waals surface area contributed by atoms with Gasteiger partial charge < -0.3 is 10.6 Å². The van der Waals surface area contributed by atoms with E-state index in [9.17, 15) is 0 Å². The lowest BCUT2D eigenvalue weighted by Gasteiger charge is -2.30. The van der Waals surface area contributed by atoms with Crippen LogP contribution in [0.3, 0.4) is 0 Å². The van der Waals surface area contributed by atoms with E-state index in [-0.39, 0.29) is 5.54 Å². The first kappa shape index (κ1) is 14.4. The molecule has 2 N–H and O–H groups in total. The number of anilines is 1. The fraction of sp³-hybridized carbons (Fsp3) is 0.474. The summed E-state index contributed by atoms with van der Waals surface area (Å²) in [4.78, 5) is 2.48. The molecule has 1 saturated carbocycles. The predicted octanol–water partition coefficient (Wildman–Crippen LogP) is 4.33. The Morgan fingerprint density at radius 2 is 1.76 bits per heavy atom. The van der Waals surface area contributed by atoms with Crippen molar-refractivity contribution in [2.75, 3.05) is 18.0 Å². The third-order valence-corrected chi connectivity index (χ3v) is 4.97. The van der Waals surface area contributed by atoms with Crippen molar-refractivity contribution in [3.8, 4) is 0 Å². The average Bonchev–Trinajstić information content (AvgIpc) is 2.95. The highest BCUT2D eigenvalue weighted by atomic mass is 15.1. The van der Waals surface area contributed by atoms with Crippen LogP contribution < -0.4 is 10.6 Å². The van der Waals surface area contributed by atoms with Gasteiger partial charge >= 0.3 is 0 Å². The zero-order valence-corrected chi connectivity index (χ0v) is 13.0. The maximum Gasteiger partial charge on any atom is 0.0445 e. The number of nitrogens with zero attached hydrogens (tertiary/aromatic N) is 1. The monoisotopic (exact) mass is 282 g/mol. The summed E-state index contributed by atoms with van der Waals surface area (Å²) >= 11 is 0. The lowest BCUT2D eigenvalue weighted by atomic mass is 9.94. The molecule has 0 bridgehead atoms. The zero-order valence-electron chi connectivity index (χ0n) is 13.0. The summed E-state index contributed by atoms with van der Waals surface area (Å²) in [6.07, 6.45) is 6.10. The molecule has 0 heterocycles. The molecule has 0 spiro atoms. The standard InChI is InChI=1S/C19H26N2/c1-2-21(15-14-19(20)12-5-6-13-19)18-11-7-9-16-8-3-4-10-17(16)18/h3-4,7-11H,2,5-6,12-15,20H2,1H3. The fourth-order valence-corrected chi connectivity index (χ4v) is 3.62. The number of benzene rings is 2. The van der Waals surface area contributed by atoms with E-state index in [1.165, 1.54) is 42.1 Å². The first-order chi connectivity index (χ1) is 10.2. The molecule has 0 aliphatic heterocycles. The molecule has 21 heavy (non-hydrogen) atoms. The second kappa shape index (κ2) is 6.07. The van der Waals surface area contributed by atoms with Crippen LogP contribution in [0.25, 0.3) is 10.8 Å². The predicted molar refractivity (Wildman–Crippen MR) is 91.8 cm³/mol. The van der Waals surface area contributed by atoms with Gasteiger partial charge in [0.05, 0.1) is 0 Å². The van der Waals surface area contributed by atoms with E-state index in [1.54, 1.807) is 0 Å². The third kappa shape index (κ3) is 3.06. The van der Waals surface area contributed by atoms with E-state index in [0.717, 1.165) is 19.5 Å². The molecule has 2 aromatic rings. The normalized spacial score (nSPS) is 17.2. The van der Waals surface area contributed by atoms with Crippen molar-refractivity contribution in [3.05, 3.63) is 42.5 Å². The Balaban J connectivity index is 1.81. The Morgan fingerprint density at radius 3 is 2.52 bits per heavy atom. The van der Waals surface area contributed by atoms with E-state index in [1.807, 2.05) is 0 Å². The van der Waals surface area contributed by atoms with Crippen LogP contribution in [0.2, 0.25) is 0 Å². The smallest absolute Gasteiger partial charge is 0.0445 e. The van der Waals surface area contributed by atoms with E-state index in [0.29, 0.717) is 0 Å². The number of hydrogen-bond acceptors (Lipinski definition) is 2. The van der Waals surface area contributed by atoms with Crippen molar-refractivity contribution in [2.45, 2.75) is 44.6 Å². The molecule has 0 unspecified atom stereocenters. The summed E-state index contributed by atoms with van der Waals surface area (Å²) in [5, 5.41) is 2.66. The second-order valence-electron chi connectivity index (χ2n) is 6.40. The molecule has 0 aromatic heterocycles. The van der Waals surface area contributed by atoms with Crippen molar-refractivity contribution in [3.63, 3.8) is 0 Å². The quantitative estimate of drug-likeness (QED) is 0.884. The van der Waals surface area contributed by atoms with Gasteiger partial charge in [0, 0.05) is 29.7 Å². The van der Waals surface area contributed by atoms with Crippen molar-refractivity contribution in [1.29, 1.82) is 0 Å².